The smallest absolute Gasteiger partial charge is 0.242 e. The molecule has 92 valence electrons. The van der Waals surface area contributed by atoms with Crippen molar-refractivity contribution in [1.82, 2.24) is 30.4 Å². The Morgan fingerprint density at radius 1 is 1.47 bits per heavy atom. The maximum Gasteiger partial charge on any atom is 0.242 e. The SMILES string of the molecule is CC1CC(=O)NCC(=O)N1Cc1nnn(C)n1. The molecule has 2 amide bonds. The first-order valence-corrected chi connectivity index (χ1v) is 5.35. The molecule has 2 heterocycles. The van der Waals surface area contributed by atoms with E-state index in [0.717, 1.165) is 0 Å². The minimum absolute atomic E-state index is 0.0312. The van der Waals surface area contributed by atoms with E-state index in [1.807, 2.05) is 6.92 Å². The van der Waals surface area contributed by atoms with Gasteiger partial charge in [-0.1, -0.05) is 0 Å². The molecular weight excluding hydrogens is 224 g/mol. The van der Waals surface area contributed by atoms with Crippen LogP contribution in [-0.2, 0) is 23.2 Å². The molecule has 0 aliphatic carbocycles. The highest BCUT2D eigenvalue weighted by atomic mass is 16.2. The number of hydrogen-bond donors (Lipinski definition) is 1. The number of nitrogens with zero attached hydrogens (tertiary/aromatic N) is 5. The zero-order valence-electron chi connectivity index (χ0n) is 9.75. The largest absolute Gasteiger partial charge is 0.347 e. The molecule has 17 heavy (non-hydrogen) atoms. The van der Waals surface area contributed by atoms with Crippen molar-refractivity contribution in [2.45, 2.75) is 25.9 Å². The van der Waals surface area contributed by atoms with Gasteiger partial charge in [-0.15, -0.1) is 10.2 Å². The Balaban J connectivity index is 2.12. The lowest BCUT2D eigenvalue weighted by Gasteiger charge is -2.24. The predicted octanol–water partition coefficient (Wildman–Crippen LogP) is -1.55. The van der Waals surface area contributed by atoms with Gasteiger partial charge in [-0.2, -0.15) is 4.80 Å². The van der Waals surface area contributed by atoms with Gasteiger partial charge in [-0.25, -0.2) is 0 Å². The number of hydrogen-bond acceptors (Lipinski definition) is 5. The van der Waals surface area contributed by atoms with Gasteiger partial charge in [-0.05, 0) is 12.1 Å². The molecule has 2 rings (SSSR count). The Morgan fingerprint density at radius 3 is 2.88 bits per heavy atom. The molecule has 1 saturated heterocycles. The second-order valence-corrected chi connectivity index (χ2v) is 4.05. The molecule has 8 heteroatoms. The first-order valence-electron chi connectivity index (χ1n) is 5.35. The van der Waals surface area contributed by atoms with E-state index in [0.29, 0.717) is 12.2 Å². The Hall–Kier alpha value is -1.99. The van der Waals surface area contributed by atoms with Crippen LogP contribution in [0.2, 0.25) is 0 Å². The topological polar surface area (TPSA) is 93.0 Å². The molecular formula is C9H14N6O2. The lowest BCUT2D eigenvalue weighted by atomic mass is 10.2. The standard InChI is InChI=1S/C9H14N6O2/c1-6-3-8(16)10-4-9(17)15(6)5-7-11-13-14(2)12-7/h6H,3-5H2,1-2H3,(H,10,16). The van der Waals surface area contributed by atoms with Gasteiger partial charge in [0.1, 0.15) is 0 Å². The van der Waals surface area contributed by atoms with Gasteiger partial charge >= 0.3 is 0 Å². The molecule has 1 aliphatic heterocycles. The number of nitrogens with one attached hydrogen (secondary N) is 1. The summed E-state index contributed by atoms with van der Waals surface area (Å²) in [6, 6.07) is -0.159. The third-order valence-corrected chi connectivity index (χ3v) is 2.63. The van der Waals surface area contributed by atoms with Crippen molar-refractivity contribution in [2.24, 2.45) is 7.05 Å². The summed E-state index contributed by atoms with van der Waals surface area (Å²) in [6.45, 7) is 2.14. The van der Waals surface area contributed by atoms with E-state index in [4.69, 9.17) is 0 Å². The summed E-state index contributed by atoms with van der Waals surface area (Å²) in [5, 5.41) is 14.1. The lowest BCUT2D eigenvalue weighted by molar-refractivity contribution is -0.132. The summed E-state index contributed by atoms with van der Waals surface area (Å²) in [7, 11) is 1.66. The second-order valence-electron chi connectivity index (χ2n) is 4.05. The first-order chi connectivity index (χ1) is 8.06. The van der Waals surface area contributed by atoms with Crippen LogP contribution in [0, 0.1) is 0 Å². The average molecular weight is 238 g/mol. The minimum Gasteiger partial charge on any atom is -0.347 e. The van der Waals surface area contributed by atoms with E-state index in [2.05, 4.69) is 20.7 Å². The summed E-state index contributed by atoms with van der Waals surface area (Å²) in [5.41, 5.74) is 0. The van der Waals surface area contributed by atoms with Crippen molar-refractivity contribution in [3.63, 3.8) is 0 Å². The molecule has 0 spiro atoms. The zero-order valence-corrected chi connectivity index (χ0v) is 9.75. The molecule has 1 fully saturated rings. The lowest BCUT2D eigenvalue weighted by Crippen LogP contribution is -2.39. The number of carbonyl (C=O) groups is 2. The fourth-order valence-corrected chi connectivity index (χ4v) is 1.76. The van der Waals surface area contributed by atoms with Crippen molar-refractivity contribution in [2.75, 3.05) is 6.54 Å². The normalized spacial score (nSPS) is 21.3. The van der Waals surface area contributed by atoms with Gasteiger partial charge in [0.05, 0.1) is 20.1 Å². The minimum atomic E-state index is -0.159. The van der Waals surface area contributed by atoms with Crippen LogP contribution in [0.5, 0.6) is 0 Å². The van der Waals surface area contributed by atoms with Gasteiger partial charge in [0, 0.05) is 12.5 Å². The molecule has 1 unspecified atom stereocenters. The molecule has 0 radical (unpaired) electrons. The molecule has 1 aromatic rings. The van der Waals surface area contributed by atoms with Crippen LogP contribution in [0.1, 0.15) is 19.2 Å². The van der Waals surface area contributed by atoms with E-state index in [1.165, 1.54) is 4.80 Å². The fraction of sp³-hybridized carbons (Fsp3) is 0.667. The van der Waals surface area contributed by atoms with Gasteiger partial charge in [-0.3, -0.25) is 9.59 Å². The molecule has 1 aromatic heterocycles. The quantitative estimate of drug-likeness (QED) is 0.673. The van der Waals surface area contributed by atoms with E-state index in [9.17, 15) is 9.59 Å². The highest BCUT2D eigenvalue weighted by Crippen LogP contribution is 2.10. The van der Waals surface area contributed by atoms with Gasteiger partial charge < -0.3 is 10.2 Å². The van der Waals surface area contributed by atoms with Crippen molar-refractivity contribution < 1.29 is 9.59 Å². The van der Waals surface area contributed by atoms with Gasteiger partial charge in [0.25, 0.3) is 0 Å². The summed E-state index contributed by atoms with van der Waals surface area (Å²) < 4.78 is 0. The summed E-state index contributed by atoms with van der Waals surface area (Å²) in [4.78, 5) is 26.0. The maximum atomic E-state index is 11.8. The molecule has 0 bridgehead atoms. The molecule has 1 aliphatic rings. The van der Waals surface area contributed by atoms with E-state index in [-0.39, 0.29) is 30.9 Å². The maximum absolute atomic E-state index is 11.8. The Labute approximate surface area is 98.0 Å². The molecule has 0 saturated carbocycles. The van der Waals surface area contributed by atoms with Crippen molar-refractivity contribution >= 4 is 11.8 Å². The van der Waals surface area contributed by atoms with Crippen LogP contribution in [0.3, 0.4) is 0 Å². The molecule has 0 aromatic carbocycles. The highest BCUT2D eigenvalue weighted by molar-refractivity contribution is 5.87. The molecule has 1 N–H and O–H groups in total. The van der Waals surface area contributed by atoms with Crippen molar-refractivity contribution in [3.05, 3.63) is 5.82 Å². The van der Waals surface area contributed by atoms with E-state index < -0.39 is 0 Å². The first kappa shape index (κ1) is 11.5. The van der Waals surface area contributed by atoms with E-state index in [1.54, 1.807) is 11.9 Å². The van der Waals surface area contributed by atoms with Crippen molar-refractivity contribution in [1.29, 1.82) is 0 Å². The third kappa shape index (κ3) is 2.58. The number of rotatable bonds is 2. The Morgan fingerprint density at radius 2 is 2.24 bits per heavy atom. The summed E-state index contributed by atoms with van der Waals surface area (Å²) in [5.74, 6) is 0.235. The number of carbonyl (C=O) groups excluding carboxylic acids is 2. The van der Waals surface area contributed by atoms with Gasteiger partial charge in [0.15, 0.2) is 5.82 Å². The highest BCUT2D eigenvalue weighted by Gasteiger charge is 2.27. The average Bonchev–Trinajstić information content (AvgIpc) is 2.63. The summed E-state index contributed by atoms with van der Waals surface area (Å²) in [6.07, 6.45) is 0.298. The Kier molecular flexibility index (Phi) is 3.03. The number of amides is 2. The molecule has 1 atom stereocenters. The third-order valence-electron chi connectivity index (χ3n) is 2.63. The summed E-state index contributed by atoms with van der Waals surface area (Å²) >= 11 is 0. The van der Waals surface area contributed by atoms with Crippen LogP contribution in [0.4, 0.5) is 0 Å². The van der Waals surface area contributed by atoms with Gasteiger partial charge in [0.2, 0.25) is 11.8 Å². The predicted molar refractivity (Wildman–Crippen MR) is 56.4 cm³/mol. The van der Waals surface area contributed by atoms with Crippen LogP contribution < -0.4 is 5.32 Å². The van der Waals surface area contributed by atoms with E-state index >= 15 is 0 Å². The van der Waals surface area contributed by atoms with Crippen LogP contribution in [0.15, 0.2) is 0 Å². The molecule has 8 nitrogen and oxygen atoms in total. The fourth-order valence-electron chi connectivity index (χ4n) is 1.76. The van der Waals surface area contributed by atoms with Crippen LogP contribution in [-0.4, -0.2) is 49.5 Å². The number of aromatic nitrogens is 4. The zero-order chi connectivity index (χ0) is 12.4. The number of aryl methyl sites for hydroxylation is 1. The van der Waals surface area contributed by atoms with Crippen LogP contribution in [0.25, 0.3) is 0 Å². The monoisotopic (exact) mass is 238 g/mol. The Bertz CT molecular complexity index is 442. The second kappa shape index (κ2) is 4.48. The van der Waals surface area contributed by atoms with Crippen LogP contribution >= 0.6 is 0 Å². The number of tetrazole rings is 1. The van der Waals surface area contributed by atoms with Crippen molar-refractivity contribution in [3.8, 4) is 0 Å².